The minimum Gasteiger partial charge on any atom is -0.266 e. The third-order valence-corrected chi connectivity index (χ3v) is 4.16. The molecule has 0 aliphatic heterocycles. The Hall–Kier alpha value is -2.01. The van der Waals surface area contributed by atoms with Gasteiger partial charge in [-0.3, -0.25) is 4.79 Å². The molecule has 1 aromatic heterocycles. The van der Waals surface area contributed by atoms with E-state index in [1.807, 2.05) is 26.0 Å². The zero-order valence-electron chi connectivity index (χ0n) is 12.7. The highest BCUT2D eigenvalue weighted by Crippen LogP contribution is 2.16. The van der Waals surface area contributed by atoms with E-state index < -0.39 is 0 Å². The summed E-state index contributed by atoms with van der Waals surface area (Å²) < 4.78 is 0. The van der Waals surface area contributed by atoms with Gasteiger partial charge in [-0.15, -0.1) is 11.3 Å². The molecular weight excluding hydrogens is 282 g/mol. The van der Waals surface area contributed by atoms with Gasteiger partial charge < -0.3 is 0 Å². The van der Waals surface area contributed by atoms with Crippen LogP contribution in [0.5, 0.6) is 0 Å². The van der Waals surface area contributed by atoms with E-state index in [0.29, 0.717) is 10.8 Å². The molecule has 21 heavy (non-hydrogen) atoms. The summed E-state index contributed by atoms with van der Waals surface area (Å²) in [7, 11) is 0. The zero-order chi connectivity index (χ0) is 15.4. The molecule has 1 heterocycles. The van der Waals surface area contributed by atoms with Crippen LogP contribution in [0.25, 0.3) is 0 Å². The maximum absolute atomic E-state index is 12.0. The summed E-state index contributed by atoms with van der Waals surface area (Å²) in [6.07, 6.45) is 1.64. The molecule has 1 N–H and O–H groups in total. The van der Waals surface area contributed by atoms with Gasteiger partial charge in [0, 0.05) is 0 Å². The molecule has 0 aliphatic carbocycles. The molecule has 0 atom stereocenters. The molecule has 0 saturated carbocycles. The summed E-state index contributed by atoms with van der Waals surface area (Å²) in [5.74, 6) is 0.293. The number of hydrogen-bond donors (Lipinski definition) is 1. The number of carbonyl (C=O) groups is 1. The van der Waals surface area contributed by atoms with Crippen molar-refractivity contribution in [2.45, 2.75) is 33.6 Å². The lowest BCUT2D eigenvalue weighted by atomic mass is 10.0. The van der Waals surface area contributed by atoms with Gasteiger partial charge in [0.1, 0.15) is 4.88 Å². The predicted molar refractivity (Wildman–Crippen MR) is 87.2 cm³/mol. The predicted octanol–water partition coefficient (Wildman–Crippen LogP) is 3.65. The van der Waals surface area contributed by atoms with Crippen LogP contribution in [-0.2, 0) is 0 Å². The summed E-state index contributed by atoms with van der Waals surface area (Å²) in [5, 5.41) is 4.88. The average Bonchev–Trinajstić information content (AvgIpc) is 2.78. The number of aryl methyl sites for hydroxylation is 2. The molecule has 0 fully saturated rings. The molecule has 110 valence electrons. The van der Waals surface area contributed by atoms with Crippen LogP contribution in [0.15, 0.2) is 29.4 Å². The van der Waals surface area contributed by atoms with E-state index in [2.05, 4.69) is 41.5 Å². The fourth-order valence-corrected chi connectivity index (χ4v) is 2.73. The highest BCUT2D eigenvalue weighted by atomic mass is 32.1. The number of rotatable bonds is 4. The average molecular weight is 301 g/mol. The van der Waals surface area contributed by atoms with Gasteiger partial charge in [-0.05, 0) is 30.9 Å². The molecule has 2 aromatic rings. The highest BCUT2D eigenvalue weighted by molar-refractivity contribution is 7.13. The maximum Gasteiger partial charge on any atom is 0.283 e. The van der Waals surface area contributed by atoms with Gasteiger partial charge in [-0.1, -0.05) is 38.1 Å². The van der Waals surface area contributed by atoms with E-state index in [0.717, 1.165) is 16.3 Å². The topological polar surface area (TPSA) is 54.4 Å². The largest absolute Gasteiger partial charge is 0.283 e. The van der Waals surface area contributed by atoms with Crippen molar-refractivity contribution >= 4 is 23.5 Å². The molecule has 5 heteroatoms. The minimum atomic E-state index is -0.215. The number of benzene rings is 1. The van der Waals surface area contributed by atoms with Crippen LogP contribution in [0, 0.1) is 13.8 Å². The number of hydrazone groups is 1. The van der Waals surface area contributed by atoms with Gasteiger partial charge in [0.25, 0.3) is 5.91 Å². The summed E-state index contributed by atoms with van der Waals surface area (Å²) in [6, 6.07) is 8.13. The molecule has 1 aromatic carbocycles. The summed E-state index contributed by atoms with van der Waals surface area (Å²) >= 11 is 1.38. The second kappa shape index (κ2) is 6.63. The Morgan fingerprint density at radius 1 is 1.29 bits per heavy atom. The van der Waals surface area contributed by atoms with Gasteiger partial charge >= 0.3 is 0 Å². The molecule has 4 nitrogen and oxygen atoms in total. The Balaban J connectivity index is 1.99. The third-order valence-electron chi connectivity index (χ3n) is 3.09. The first-order valence-corrected chi connectivity index (χ1v) is 7.66. The Kier molecular flexibility index (Phi) is 4.85. The Bertz CT molecular complexity index is 657. The number of amides is 1. The lowest BCUT2D eigenvalue weighted by molar-refractivity contribution is 0.0958. The van der Waals surface area contributed by atoms with E-state index in [1.54, 1.807) is 6.21 Å². The lowest BCUT2D eigenvalue weighted by Gasteiger charge is -2.04. The Morgan fingerprint density at radius 2 is 1.95 bits per heavy atom. The monoisotopic (exact) mass is 301 g/mol. The van der Waals surface area contributed by atoms with Crippen molar-refractivity contribution in [2.75, 3.05) is 0 Å². The number of nitrogens with one attached hydrogen (secondary N) is 1. The van der Waals surface area contributed by atoms with E-state index in [4.69, 9.17) is 0 Å². The van der Waals surface area contributed by atoms with Crippen molar-refractivity contribution in [1.29, 1.82) is 0 Å². The number of thiazole rings is 1. The molecule has 1 amide bonds. The molecule has 0 aliphatic rings. The van der Waals surface area contributed by atoms with Crippen molar-refractivity contribution in [3.63, 3.8) is 0 Å². The van der Waals surface area contributed by atoms with Crippen LogP contribution < -0.4 is 5.43 Å². The van der Waals surface area contributed by atoms with Crippen molar-refractivity contribution < 1.29 is 4.79 Å². The molecule has 0 saturated heterocycles. The van der Waals surface area contributed by atoms with E-state index in [1.165, 1.54) is 16.9 Å². The maximum atomic E-state index is 12.0. The highest BCUT2D eigenvalue weighted by Gasteiger charge is 2.12. The normalized spacial score (nSPS) is 11.3. The number of carbonyl (C=O) groups excluding carboxylic acids is 1. The quantitative estimate of drug-likeness (QED) is 0.692. The van der Waals surface area contributed by atoms with E-state index in [9.17, 15) is 4.79 Å². The van der Waals surface area contributed by atoms with Gasteiger partial charge in [0.15, 0.2) is 0 Å². The number of nitrogens with zero attached hydrogens (tertiary/aromatic N) is 2. The standard InChI is InChI=1S/C16H19N3OS/c1-10(2)14-7-5-13(6-8-14)9-17-19-16(20)15-11(3)18-12(4)21-15/h5-10H,1-4H3,(H,19,20)/b17-9+. The first kappa shape index (κ1) is 15.4. The second-order valence-corrected chi connectivity index (χ2v) is 6.37. The second-order valence-electron chi connectivity index (χ2n) is 5.17. The zero-order valence-corrected chi connectivity index (χ0v) is 13.5. The van der Waals surface area contributed by atoms with Crippen molar-refractivity contribution in [3.05, 3.63) is 51.0 Å². The fraction of sp³-hybridized carbons (Fsp3) is 0.312. The summed E-state index contributed by atoms with van der Waals surface area (Å²) in [4.78, 5) is 16.8. The van der Waals surface area contributed by atoms with Crippen LogP contribution in [-0.4, -0.2) is 17.1 Å². The van der Waals surface area contributed by atoms with E-state index in [-0.39, 0.29) is 5.91 Å². The van der Waals surface area contributed by atoms with Crippen molar-refractivity contribution in [3.8, 4) is 0 Å². The number of aromatic nitrogens is 1. The minimum absolute atomic E-state index is 0.215. The smallest absolute Gasteiger partial charge is 0.266 e. The molecule has 0 unspecified atom stereocenters. The molecule has 2 rings (SSSR count). The number of hydrogen-bond acceptors (Lipinski definition) is 4. The summed E-state index contributed by atoms with van der Waals surface area (Å²) in [5.41, 5.74) is 5.52. The summed E-state index contributed by atoms with van der Waals surface area (Å²) in [6.45, 7) is 8.02. The van der Waals surface area contributed by atoms with Crippen LogP contribution in [0.3, 0.4) is 0 Å². The third kappa shape index (κ3) is 3.98. The van der Waals surface area contributed by atoms with Gasteiger partial charge in [-0.2, -0.15) is 5.10 Å². The van der Waals surface area contributed by atoms with Crippen LogP contribution >= 0.6 is 11.3 Å². The molecular formula is C16H19N3OS. The van der Waals surface area contributed by atoms with Crippen LogP contribution in [0.4, 0.5) is 0 Å². The first-order valence-electron chi connectivity index (χ1n) is 6.84. The first-order chi connectivity index (χ1) is 9.97. The van der Waals surface area contributed by atoms with Gasteiger partial charge in [-0.25, -0.2) is 10.4 Å². The van der Waals surface area contributed by atoms with Crippen molar-refractivity contribution in [2.24, 2.45) is 5.10 Å². The SMILES string of the molecule is Cc1nc(C)c(C(=O)N/N=C/c2ccc(C(C)C)cc2)s1. The van der Waals surface area contributed by atoms with E-state index >= 15 is 0 Å². The van der Waals surface area contributed by atoms with Crippen LogP contribution in [0.2, 0.25) is 0 Å². The molecule has 0 bridgehead atoms. The Morgan fingerprint density at radius 3 is 2.48 bits per heavy atom. The van der Waals surface area contributed by atoms with Crippen LogP contribution in [0.1, 0.15) is 51.3 Å². The lowest BCUT2D eigenvalue weighted by Crippen LogP contribution is -2.17. The van der Waals surface area contributed by atoms with Crippen molar-refractivity contribution in [1.82, 2.24) is 10.4 Å². The van der Waals surface area contributed by atoms with Gasteiger partial charge in [0.2, 0.25) is 0 Å². The Labute approximate surface area is 128 Å². The fourth-order valence-electron chi connectivity index (χ4n) is 1.93. The van der Waals surface area contributed by atoms with Gasteiger partial charge in [0.05, 0.1) is 16.9 Å². The molecule has 0 radical (unpaired) electrons. The molecule has 0 spiro atoms.